The fourth-order valence-corrected chi connectivity index (χ4v) is 4.97. The molecule has 0 bridgehead atoms. The molecule has 0 aliphatic carbocycles. The van der Waals surface area contributed by atoms with Crippen LogP contribution in [0.15, 0.2) is 66.0 Å². The van der Waals surface area contributed by atoms with Gasteiger partial charge < -0.3 is 15.0 Å². The van der Waals surface area contributed by atoms with E-state index in [2.05, 4.69) is 33.8 Å². The minimum absolute atomic E-state index is 0.0103. The molecule has 166 valence electrons. The van der Waals surface area contributed by atoms with Crippen molar-refractivity contribution in [2.45, 2.75) is 12.5 Å². The van der Waals surface area contributed by atoms with E-state index in [9.17, 15) is 9.59 Å². The van der Waals surface area contributed by atoms with Gasteiger partial charge in [-0.2, -0.15) is 0 Å². The van der Waals surface area contributed by atoms with E-state index < -0.39 is 0 Å². The van der Waals surface area contributed by atoms with Crippen molar-refractivity contribution in [2.75, 3.05) is 39.1 Å². The van der Waals surface area contributed by atoms with Crippen molar-refractivity contribution in [3.05, 3.63) is 82.0 Å². The van der Waals surface area contributed by atoms with Gasteiger partial charge in [0.15, 0.2) is 0 Å². The van der Waals surface area contributed by atoms with Gasteiger partial charge in [0.05, 0.1) is 26.2 Å². The highest BCUT2D eigenvalue weighted by Crippen LogP contribution is 2.37. The molecule has 0 spiro atoms. The van der Waals surface area contributed by atoms with E-state index in [0.29, 0.717) is 11.4 Å². The lowest BCUT2D eigenvalue weighted by molar-refractivity contribution is -0.134. The molecule has 2 amide bonds. The van der Waals surface area contributed by atoms with Crippen LogP contribution in [-0.2, 0) is 16.0 Å². The van der Waals surface area contributed by atoms with E-state index in [1.165, 1.54) is 20.9 Å². The molecule has 1 aliphatic rings. The number of nitrogens with one attached hydrogen (secondary N) is 1. The molecule has 0 radical (unpaired) electrons. The van der Waals surface area contributed by atoms with Crippen LogP contribution >= 0.6 is 11.3 Å². The number of fused-ring (bicyclic) bond motifs is 1. The average Bonchev–Trinajstić information content (AvgIpc) is 3.28. The van der Waals surface area contributed by atoms with Crippen LogP contribution in [0.2, 0.25) is 0 Å². The second-order valence-corrected chi connectivity index (χ2v) is 8.86. The number of likely N-dealkylation sites (N-methyl/N-ethyl adjacent to an activating group) is 1. The number of benzene rings is 2. The molecular formula is C25H27N3O3S. The standard InChI is InChI=1S/C25H27N3O3S/c1-27(16-23(29)26-19-9-6-10-20(15-19)31-2)24(30)17-28-13-11-22-21(12-14-32-22)25(28)18-7-4-3-5-8-18/h3-10,12,14-15,25H,11,13,16-17H2,1-2H3,(H,26,29). The van der Waals surface area contributed by atoms with E-state index in [1.54, 1.807) is 37.6 Å². The molecule has 0 fully saturated rings. The number of thiophene rings is 1. The fraction of sp³-hybridized carbons (Fsp3) is 0.280. The van der Waals surface area contributed by atoms with Crippen molar-refractivity contribution >= 4 is 28.8 Å². The van der Waals surface area contributed by atoms with Crippen LogP contribution in [0.5, 0.6) is 5.75 Å². The Balaban J connectivity index is 1.41. The first kappa shape index (κ1) is 22.0. The second kappa shape index (κ2) is 9.97. The van der Waals surface area contributed by atoms with Crippen molar-refractivity contribution in [2.24, 2.45) is 0 Å². The van der Waals surface area contributed by atoms with Gasteiger partial charge in [-0.1, -0.05) is 36.4 Å². The lowest BCUT2D eigenvalue weighted by Gasteiger charge is -2.36. The second-order valence-electron chi connectivity index (χ2n) is 7.86. The first-order chi connectivity index (χ1) is 15.5. The summed E-state index contributed by atoms with van der Waals surface area (Å²) in [5.74, 6) is 0.343. The van der Waals surface area contributed by atoms with Crippen molar-refractivity contribution in [1.82, 2.24) is 9.80 Å². The molecule has 1 N–H and O–H groups in total. The summed E-state index contributed by atoms with van der Waals surface area (Å²) in [6.45, 7) is 1.06. The molecule has 1 aromatic heterocycles. The maximum absolute atomic E-state index is 13.0. The van der Waals surface area contributed by atoms with Crippen molar-refractivity contribution in [1.29, 1.82) is 0 Å². The highest BCUT2D eigenvalue weighted by Gasteiger charge is 2.31. The Morgan fingerprint density at radius 2 is 1.97 bits per heavy atom. The third-order valence-electron chi connectivity index (χ3n) is 5.68. The first-order valence-electron chi connectivity index (χ1n) is 10.6. The predicted octanol–water partition coefficient (Wildman–Crippen LogP) is 3.80. The van der Waals surface area contributed by atoms with E-state index in [0.717, 1.165) is 13.0 Å². The number of hydrogen-bond acceptors (Lipinski definition) is 5. The number of nitrogens with zero attached hydrogens (tertiary/aromatic N) is 2. The number of ether oxygens (including phenoxy) is 1. The quantitative estimate of drug-likeness (QED) is 0.596. The van der Waals surface area contributed by atoms with Crippen LogP contribution < -0.4 is 10.1 Å². The van der Waals surface area contributed by atoms with Gasteiger partial charge in [-0.15, -0.1) is 11.3 Å². The Bertz CT molecular complexity index is 1080. The van der Waals surface area contributed by atoms with Crippen molar-refractivity contribution in [3.63, 3.8) is 0 Å². The van der Waals surface area contributed by atoms with Crippen LogP contribution in [0.4, 0.5) is 5.69 Å². The van der Waals surface area contributed by atoms with Crippen molar-refractivity contribution < 1.29 is 14.3 Å². The Morgan fingerprint density at radius 3 is 2.75 bits per heavy atom. The highest BCUT2D eigenvalue weighted by molar-refractivity contribution is 7.10. The number of amides is 2. The van der Waals surface area contributed by atoms with Crippen LogP contribution in [0.3, 0.4) is 0 Å². The Labute approximate surface area is 192 Å². The third kappa shape index (κ3) is 5.00. The lowest BCUT2D eigenvalue weighted by atomic mass is 9.93. The van der Waals surface area contributed by atoms with Gasteiger partial charge in [0, 0.05) is 30.2 Å². The van der Waals surface area contributed by atoms with Gasteiger partial charge in [-0.05, 0) is 41.1 Å². The topological polar surface area (TPSA) is 61.9 Å². The summed E-state index contributed by atoms with van der Waals surface area (Å²) >= 11 is 1.78. The zero-order chi connectivity index (χ0) is 22.5. The monoisotopic (exact) mass is 449 g/mol. The Kier molecular flexibility index (Phi) is 6.87. The van der Waals surface area contributed by atoms with Crippen LogP contribution in [0.25, 0.3) is 0 Å². The van der Waals surface area contributed by atoms with Gasteiger partial charge in [0.2, 0.25) is 11.8 Å². The number of anilines is 1. The summed E-state index contributed by atoms with van der Waals surface area (Å²) in [7, 11) is 3.25. The van der Waals surface area contributed by atoms with Crippen LogP contribution in [0.1, 0.15) is 22.0 Å². The molecule has 2 heterocycles. The highest BCUT2D eigenvalue weighted by atomic mass is 32.1. The molecule has 0 saturated heterocycles. The Hall–Kier alpha value is -3.16. The average molecular weight is 450 g/mol. The summed E-state index contributed by atoms with van der Waals surface area (Å²) in [5, 5.41) is 4.95. The van der Waals surface area contributed by atoms with Gasteiger partial charge in [0.1, 0.15) is 5.75 Å². The minimum Gasteiger partial charge on any atom is -0.497 e. The van der Waals surface area contributed by atoms with Crippen LogP contribution in [-0.4, -0.2) is 55.4 Å². The number of methoxy groups -OCH3 is 1. The van der Waals surface area contributed by atoms with Crippen molar-refractivity contribution in [3.8, 4) is 5.75 Å². The molecule has 7 heteroatoms. The zero-order valence-corrected chi connectivity index (χ0v) is 19.1. The van der Waals surface area contributed by atoms with E-state index >= 15 is 0 Å². The first-order valence-corrected chi connectivity index (χ1v) is 11.5. The lowest BCUT2D eigenvalue weighted by Crippen LogP contribution is -2.45. The summed E-state index contributed by atoms with van der Waals surface area (Å²) in [4.78, 5) is 30.6. The van der Waals surface area contributed by atoms with E-state index in [-0.39, 0.29) is 30.9 Å². The molecule has 6 nitrogen and oxygen atoms in total. The number of rotatable bonds is 7. The van der Waals surface area contributed by atoms with E-state index in [1.807, 2.05) is 30.3 Å². The molecule has 0 saturated carbocycles. The van der Waals surface area contributed by atoms with Gasteiger partial charge in [-0.25, -0.2) is 0 Å². The smallest absolute Gasteiger partial charge is 0.243 e. The molecule has 4 rings (SSSR count). The predicted molar refractivity (Wildman–Crippen MR) is 127 cm³/mol. The maximum Gasteiger partial charge on any atom is 0.243 e. The fourth-order valence-electron chi connectivity index (χ4n) is 4.06. The van der Waals surface area contributed by atoms with Gasteiger partial charge in [-0.3, -0.25) is 14.5 Å². The summed E-state index contributed by atoms with van der Waals surface area (Å²) < 4.78 is 5.19. The largest absolute Gasteiger partial charge is 0.497 e. The molecule has 1 unspecified atom stereocenters. The SMILES string of the molecule is COc1cccc(NC(=O)CN(C)C(=O)CN2CCc3sccc3C2c2ccccc2)c1. The van der Waals surface area contributed by atoms with Crippen LogP contribution in [0, 0.1) is 0 Å². The molecule has 1 aliphatic heterocycles. The zero-order valence-electron chi connectivity index (χ0n) is 18.3. The van der Waals surface area contributed by atoms with Gasteiger partial charge in [0.25, 0.3) is 0 Å². The molecule has 3 aromatic rings. The number of carbonyl (C=O) groups is 2. The maximum atomic E-state index is 13.0. The third-order valence-corrected chi connectivity index (χ3v) is 6.68. The summed E-state index contributed by atoms with van der Waals surface area (Å²) in [6, 6.07) is 19.7. The normalized spacial score (nSPS) is 15.6. The molecule has 32 heavy (non-hydrogen) atoms. The molecule has 1 atom stereocenters. The van der Waals surface area contributed by atoms with E-state index in [4.69, 9.17) is 4.74 Å². The van der Waals surface area contributed by atoms with Gasteiger partial charge >= 0.3 is 0 Å². The summed E-state index contributed by atoms with van der Waals surface area (Å²) in [6.07, 6.45) is 0.934. The Morgan fingerprint density at radius 1 is 1.16 bits per heavy atom. The molecular weight excluding hydrogens is 422 g/mol. The minimum atomic E-state index is -0.243. The number of hydrogen-bond donors (Lipinski definition) is 1. The number of carbonyl (C=O) groups excluding carboxylic acids is 2. The molecule has 2 aromatic carbocycles. The summed E-state index contributed by atoms with van der Waals surface area (Å²) in [5.41, 5.74) is 3.09.